The van der Waals surface area contributed by atoms with Crippen LogP contribution in [0.4, 0.5) is 0 Å². The van der Waals surface area contributed by atoms with Crippen molar-refractivity contribution in [2.24, 2.45) is 5.92 Å². The second kappa shape index (κ2) is 3.73. The molecule has 3 heteroatoms. The van der Waals surface area contributed by atoms with E-state index in [1.54, 1.807) is 0 Å². The van der Waals surface area contributed by atoms with Crippen molar-refractivity contribution in [1.29, 1.82) is 0 Å². The molecule has 2 fully saturated rings. The normalized spacial score (nSPS) is 36.8. The quantitative estimate of drug-likeness (QED) is 0.391. The van der Waals surface area contributed by atoms with Crippen LogP contribution < -0.4 is 0 Å². The molecule has 0 radical (unpaired) electrons. The minimum Gasteiger partial charge on any atom is -0.459 e. The highest BCUT2D eigenvalue weighted by atomic mass is 16.6. The summed E-state index contributed by atoms with van der Waals surface area (Å²) in [4.78, 5) is 11.0. The molecule has 1 aliphatic carbocycles. The summed E-state index contributed by atoms with van der Waals surface area (Å²) in [6.45, 7) is 5.34. The first kappa shape index (κ1) is 9.71. The second-order valence-corrected chi connectivity index (χ2v) is 4.13. The Bertz CT molecular complexity index is 249. The molecule has 0 aromatic carbocycles. The molecule has 0 bridgehead atoms. The van der Waals surface area contributed by atoms with Crippen molar-refractivity contribution < 1.29 is 14.3 Å². The first-order chi connectivity index (χ1) is 6.70. The van der Waals surface area contributed by atoms with E-state index in [9.17, 15) is 4.79 Å². The number of carbonyl (C=O) groups excluding carboxylic acids is 1. The molecular weight excluding hydrogens is 180 g/mol. The van der Waals surface area contributed by atoms with Crippen molar-refractivity contribution in [2.45, 2.75) is 44.5 Å². The van der Waals surface area contributed by atoms with Crippen LogP contribution in [0.25, 0.3) is 0 Å². The Hall–Kier alpha value is -0.830. The smallest absolute Gasteiger partial charge is 0.330 e. The number of esters is 1. The Labute approximate surface area is 84.1 Å². The lowest BCUT2D eigenvalue weighted by Crippen LogP contribution is -2.27. The predicted molar refractivity (Wildman–Crippen MR) is 51.8 cm³/mol. The van der Waals surface area contributed by atoms with Crippen molar-refractivity contribution in [3.05, 3.63) is 12.7 Å². The molecule has 4 unspecified atom stereocenters. The predicted octanol–water partition coefficient (Wildman–Crippen LogP) is 1.67. The Morgan fingerprint density at radius 1 is 1.57 bits per heavy atom. The summed E-state index contributed by atoms with van der Waals surface area (Å²) in [6.07, 6.45) is 5.42. The van der Waals surface area contributed by atoms with Gasteiger partial charge in [-0.2, -0.15) is 0 Å². The van der Waals surface area contributed by atoms with Crippen LogP contribution in [0.1, 0.15) is 26.2 Å². The minimum absolute atomic E-state index is 0.00866. The van der Waals surface area contributed by atoms with E-state index in [-0.39, 0.29) is 12.1 Å². The average molecular weight is 196 g/mol. The van der Waals surface area contributed by atoms with E-state index in [2.05, 4.69) is 6.58 Å². The highest BCUT2D eigenvalue weighted by Gasteiger charge is 2.45. The fourth-order valence-electron chi connectivity index (χ4n) is 2.19. The minimum atomic E-state index is -0.323. The third kappa shape index (κ3) is 1.98. The van der Waals surface area contributed by atoms with Crippen LogP contribution in [0.5, 0.6) is 0 Å². The van der Waals surface area contributed by atoms with Crippen LogP contribution in [-0.2, 0) is 14.3 Å². The van der Waals surface area contributed by atoms with Gasteiger partial charge in [-0.3, -0.25) is 0 Å². The molecule has 1 saturated carbocycles. The van der Waals surface area contributed by atoms with Crippen molar-refractivity contribution in [3.63, 3.8) is 0 Å². The third-order valence-corrected chi connectivity index (χ3v) is 3.18. The summed E-state index contributed by atoms with van der Waals surface area (Å²) in [5.41, 5.74) is 0. The van der Waals surface area contributed by atoms with Crippen LogP contribution in [0.2, 0.25) is 0 Å². The van der Waals surface area contributed by atoms with E-state index in [4.69, 9.17) is 9.47 Å². The van der Waals surface area contributed by atoms with Gasteiger partial charge in [0.15, 0.2) is 0 Å². The molecule has 0 aromatic heterocycles. The maximum absolute atomic E-state index is 11.0. The zero-order chi connectivity index (χ0) is 10.1. The van der Waals surface area contributed by atoms with Gasteiger partial charge in [0.05, 0.1) is 12.2 Å². The van der Waals surface area contributed by atoms with Crippen LogP contribution in [0.3, 0.4) is 0 Å². The number of hydrogen-bond acceptors (Lipinski definition) is 3. The van der Waals surface area contributed by atoms with E-state index in [1.807, 2.05) is 6.92 Å². The summed E-state index contributed by atoms with van der Waals surface area (Å²) >= 11 is 0. The van der Waals surface area contributed by atoms with Gasteiger partial charge in [0.2, 0.25) is 0 Å². The highest BCUT2D eigenvalue weighted by Crippen LogP contribution is 2.41. The number of rotatable bonds is 3. The molecular formula is C11H16O3. The number of hydrogen-bond donors (Lipinski definition) is 0. The second-order valence-electron chi connectivity index (χ2n) is 4.13. The molecule has 1 aliphatic heterocycles. The third-order valence-electron chi connectivity index (χ3n) is 3.18. The molecule has 4 atom stereocenters. The van der Waals surface area contributed by atoms with E-state index in [0.29, 0.717) is 18.1 Å². The summed E-state index contributed by atoms with van der Waals surface area (Å²) in [7, 11) is 0. The molecule has 0 N–H and O–H groups in total. The van der Waals surface area contributed by atoms with Gasteiger partial charge in [0.25, 0.3) is 0 Å². The first-order valence-corrected chi connectivity index (χ1v) is 5.19. The molecule has 0 aromatic rings. The van der Waals surface area contributed by atoms with Gasteiger partial charge < -0.3 is 9.47 Å². The van der Waals surface area contributed by atoms with Crippen molar-refractivity contribution >= 4 is 5.97 Å². The number of ether oxygens (including phenoxy) is 2. The zero-order valence-electron chi connectivity index (χ0n) is 8.44. The highest BCUT2D eigenvalue weighted by molar-refractivity contribution is 5.81. The molecule has 0 spiro atoms. The number of fused-ring (bicyclic) bond motifs is 1. The lowest BCUT2D eigenvalue weighted by atomic mass is 9.86. The standard InChI is InChI=1S/C11H16O3/c1-3-11(12)13-7(2)8-4-5-9-10(6-8)14-9/h3,7-10H,1,4-6H2,2H3. The summed E-state index contributed by atoms with van der Waals surface area (Å²) in [5.74, 6) is 0.138. The Morgan fingerprint density at radius 2 is 2.36 bits per heavy atom. The molecule has 2 rings (SSSR count). The molecule has 14 heavy (non-hydrogen) atoms. The summed E-state index contributed by atoms with van der Waals surface area (Å²) in [5, 5.41) is 0. The van der Waals surface area contributed by atoms with Crippen molar-refractivity contribution in [1.82, 2.24) is 0 Å². The van der Waals surface area contributed by atoms with Gasteiger partial charge in [-0.25, -0.2) is 4.79 Å². The Morgan fingerprint density at radius 3 is 3.00 bits per heavy atom. The molecule has 1 heterocycles. The van der Waals surface area contributed by atoms with Gasteiger partial charge in [-0.1, -0.05) is 6.58 Å². The topological polar surface area (TPSA) is 38.8 Å². The fourth-order valence-corrected chi connectivity index (χ4v) is 2.19. The monoisotopic (exact) mass is 196 g/mol. The van der Waals surface area contributed by atoms with E-state index in [0.717, 1.165) is 19.3 Å². The lowest BCUT2D eigenvalue weighted by molar-refractivity contribution is -0.145. The molecule has 1 saturated heterocycles. The SMILES string of the molecule is C=CC(=O)OC(C)C1CCC2OC2C1. The maximum atomic E-state index is 11.0. The first-order valence-electron chi connectivity index (χ1n) is 5.19. The van der Waals surface area contributed by atoms with Crippen LogP contribution in [0, 0.1) is 5.92 Å². The van der Waals surface area contributed by atoms with E-state index in [1.165, 1.54) is 6.08 Å². The van der Waals surface area contributed by atoms with Crippen molar-refractivity contribution in [2.75, 3.05) is 0 Å². The molecule has 3 nitrogen and oxygen atoms in total. The Balaban J connectivity index is 1.81. The largest absolute Gasteiger partial charge is 0.459 e. The molecule has 2 aliphatic rings. The van der Waals surface area contributed by atoms with Gasteiger partial charge >= 0.3 is 5.97 Å². The van der Waals surface area contributed by atoms with Gasteiger partial charge in [0, 0.05) is 6.08 Å². The molecule has 0 amide bonds. The zero-order valence-corrected chi connectivity index (χ0v) is 8.44. The van der Waals surface area contributed by atoms with Crippen LogP contribution in [0.15, 0.2) is 12.7 Å². The molecule has 78 valence electrons. The number of carbonyl (C=O) groups is 1. The summed E-state index contributed by atoms with van der Waals surface area (Å²) in [6, 6.07) is 0. The van der Waals surface area contributed by atoms with Crippen molar-refractivity contribution in [3.8, 4) is 0 Å². The van der Waals surface area contributed by atoms with Gasteiger partial charge in [-0.15, -0.1) is 0 Å². The fraction of sp³-hybridized carbons (Fsp3) is 0.727. The lowest BCUT2D eigenvalue weighted by Gasteiger charge is -2.24. The Kier molecular flexibility index (Phi) is 2.59. The number of epoxide rings is 1. The van der Waals surface area contributed by atoms with Crippen LogP contribution >= 0.6 is 0 Å². The van der Waals surface area contributed by atoms with E-state index >= 15 is 0 Å². The van der Waals surface area contributed by atoms with E-state index < -0.39 is 0 Å². The summed E-state index contributed by atoms with van der Waals surface area (Å²) < 4.78 is 10.6. The maximum Gasteiger partial charge on any atom is 0.330 e. The van der Waals surface area contributed by atoms with Crippen LogP contribution in [-0.4, -0.2) is 24.3 Å². The van der Waals surface area contributed by atoms with Gasteiger partial charge in [0.1, 0.15) is 6.10 Å². The average Bonchev–Trinajstić information content (AvgIpc) is 2.94. The van der Waals surface area contributed by atoms with Gasteiger partial charge in [-0.05, 0) is 32.1 Å².